The van der Waals surface area contributed by atoms with E-state index in [4.69, 9.17) is 6.42 Å². The Bertz CT molecular complexity index is 405. The van der Waals surface area contributed by atoms with Crippen LogP contribution in [0.3, 0.4) is 0 Å². The van der Waals surface area contributed by atoms with E-state index in [1.54, 1.807) is 24.1 Å². The third kappa shape index (κ3) is 2.91. The Morgan fingerprint density at radius 2 is 2.06 bits per heavy atom. The topological polar surface area (TPSA) is 20.3 Å². The average Bonchev–Trinajstić information content (AvgIpc) is 2.21. The molecule has 1 atom stereocenters. The van der Waals surface area contributed by atoms with Crippen molar-refractivity contribution in [2.75, 3.05) is 13.6 Å². The average molecular weight is 219 g/mol. The summed E-state index contributed by atoms with van der Waals surface area (Å²) in [7, 11) is 1.77. The molecule has 0 saturated heterocycles. The van der Waals surface area contributed by atoms with Crippen LogP contribution < -0.4 is 0 Å². The van der Waals surface area contributed by atoms with Crippen molar-refractivity contribution in [3.8, 4) is 12.3 Å². The molecule has 0 amide bonds. The Balaban J connectivity index is 2.99. The van der Waals surface area contributed by atoms with Crippen LogP contribution in [0.1, 0.15) is 18.5 Å². The molecule has 0 fully saturated rings. The van der Waals surface area contributed by atoms with Gasteiger partial charge in [0.05, 0.1) is 12.6 Å². The molecule has 0 aliphatic heterocycles. The van der Waals surface area contributed by atoms with Crippen molar-refractivity contribution >= 4 is 5.78 Å². The highest BCUT2D eigenvalue weighted by Gasteiger charge is 2.20. The molecule has 0 aromatic heterocycles. The Kier molecular flexibility index (Phi) is 4.21. The zero-order valence-corrected chi connectivity index (χ0v) is 9.40. The van der Waals surface area contributed by atoms with E-state index in [0.29, 0.717) is 6.54 Å². The zero-order valence-electron chi connectivity index (χ0n) is 9.40. The fourth-order valence-electron chi connectivity index (χ4n) is 1.68. The number of nitrogens with zero attached hydrogens (tertiary/aromatic N) is 1. The Morgan fingerprint density at radius 1 is 1.50 bits per heavy atom. The second kappa shape index (κ2) is 5.43. The molecule has 1 aromatic carbocycles. The molecule has 0 saturated carbocycles. The number of rotatable bonds is 4. The lowest BCUT2D eigenvalue weighted by atomic mass is 10.0. The number of likely N-dealkylation sites (N-methyl/N-ethyl adjacent to an activating group) is 1. The molecule has 1 aromatic rings. The van der Waals surface area contributed by atoms with Gasteiger partial charge < -0.3 is 0 Å². The van der Waals surface area contributed by atoms with Gasteiger partial charge >= 0.3 is 0 Å². The molecule has 0 aliphatic carbocycles. The summed E-state index contributed by atoms with van der Waals surface area (Å²) in [6, 6.07) is 5.49. The highest BCUT2D eigenvalue weighted by atomic mass is 19.1. The van der Waals surface area contributed by atoms with Crippen LogP contribution in [0.25, 0.3) is 0 Å². The van der Waals surface area contributed by atoms with E-state index in [1.165, 1.54) is 19.1 Å². The maximum absolute atomic E-state index is 12.8. The Labute approximate surface area is 95.1 Å². The summed E-state index contributed by atoms with van der Waals surface area (Å²) in [6.07, 6.45) is 5.21. The first-order valence-corrected chi connectivity index (χ1v) is 4.96. The van der Waals surface area contributed by atoms with Gasteiger partial charge in [0.25, 0.3) is 0 Å². The van der Waals surface area contributed by atoms with Crippen molar-refractivity contribution in [3.63, 3.8) is 0 Å². The summed E-state index contributed by atoms with van der Waals surface area (Å²) in [5.41, 5.74) is 0.756. The van der Waals surface area contributed by atoms with E-state index in [1.807, 2.05) is 0 Å². The van der Waals surface area contributed by atoms with E-state index < -0.39 is 6.04 Å². The quantitative estimate of drug-likeness (QED) is 0.722. The third-order valence-electron chi connectivity index (χ3n) is 2.35. The van der Waals surface area contributed by atoms with E-state index in [9.17, 15) is 9.18 Å². The van der Waals surface area contributed by atoms with Crippen molar-refractivity contribution in [3.05, 3.63) is 35.6 Å². The number of Topliss-reactive ketones (excluding diaryl/α,β-unsaturated/α-hetero) is 1. The molecule has 0 heterocycles. The van der Waals surface area contributed by atoms with E-state index >= 15 is 0 Å². The molecule has 1 rings (SSSR count). The van der Waals surface area contributed by atoms with Crippen molar-refractivity contribution in [2.24, 2.45) is 0 Å². The monoisotopic (exact) mass is 219 g/mol. The van der Waals surface area contributed by atoms with Crippen LogP contribution in [0.2, 0.25) is 0 Å². The summed E-state index contributed by atoms with van der Waals surface area (Å²) in [4.78, 5) is 13.3. The lowest BCUT2D eigenvalue weighted by Gasteiger charge is -2.24. The molecule has 0 spiro atoms. The van der Waals surface area contributed by atoms with Gasteiger partial charge in [-0.3, -0.25) is 9.69 Å². The number of halogens is 1. The fraction of sp³-hybridized carbons (Fsp3) is 0.308. The maximum atomic E-state index is 12.8. The van der Waals surface area contributed by atoms with Gasteiger partial charge in [0, 0.05) is 0 Å². The van der Waals surface area contributed by atoms with Gasteiger partial charge in [-0.2, -0.15) is 0 Å². The van der Waals surface area contributed by atoms with Crippen LogP contribution in [-0.2, 0) is 4.79 Å². The summed E-state index contributed by atoms with van der Waals surface area (Å²) in [5, 5.41) is 0. The van der Waals surface area contributed by atoms with Crippen LogP contribution in [0.15, 0.2) is 24.3 Å². The zero-order chi connectivity index (χ0) is 12.1. The number of carbonyl (C=O) groups excluding carboxylic acids is 1. The number of terminal acetylenes is 1. The Morgan fingerprint density at radius 3 is 2.50 bits per heavy atom. The highest BCUT2D eigenvalue weighted by molar-refractivity contribution is 5.82. The minimum Gasteiger partial charge on any atom is -0.298 e. The molecule has 16 heavy (non-hydrogen) atoms. The van der Waals surface area contributed by atoms with Crippen LogP contribution in [0, 0.1) is 18.2 Å². The fourth-order valence-corrected chi connectivity index (χ4v) is 1.68. The first-order chi connectivity index (χ1) is 7.56. The second-order valence-electron chi connectivity index (χ2n) is 3.68. The molecule has 0 N–H and O–H groups in total. The molecule has 2 nitrogen and oxygen atoms in total. The number of hydrogen-bond donors (Lipinski definition) is 0. The molecule has 1 unspecified atom stereocenters. The Hall–Kier alpha value is -1.66. The van der Waals surface area contributed by atoms with Crippen molar-refractivity contribution in [1.82, 2.24) is 4.90 Å². The van der Waals surface area contributed by atoms with Gasteiger partial charge in [-0.25, -0.2) is 4.39 Å². The van der Waals surface area contributed by atoms with Gasteiger partial charge in [-0.15, -0.1) is 6.42 Å². The number of carbonyl (C=O) groups is 1. The standard InChI is InChI=1S/C13H14FNO/c1-4-9-15(3)13(10(2)16)11-5-7-12(14)8-6-11/h1,5-8,13H,9H2,2-3H3. The molecular formula is C13H14FNO. The lowest BCUT2D eigenvalue weighted by Crippen LogP contribution is -2.29. The summed E-state index contributed by atoms with van der Waals surface area (Å²) in [5.74, 6) is 2.16. The summed E-state index contributed by atoms with van der Waals surface area (Å²) < 4.78 is 12.8. The largest absolute Gasteiger partial charge is 0.298 e. The van der Waals surface area contributed by atoms with E-state index in [0.717, 1.165) is 5.56 Å². The predicted molar refractivity (Wildman–Crippen MR) is 61.3 cm³/mol. The normalized spacial score (nSPS) is 12.2. The van der Waals surface area contributed by atoms with Crippen LogP contribution in [0.5, 0.6) is 0 Å². The van der Waals surface area contributed by atoms with E-state index in [-0.39, 0.29) is 11.6 Å². The molecule has 84 valence electrons. The molecule has 0 aliphatic rings. The first kappa shape index (κ1) is 12.4. The van der Waals surface area contributed by atoms with Gasteiger partial charge in [0.15, 0.2) is 5.78 Å². The van der Waals surface area contributed by atoms with Crippen molar-refractivity contribution in [2.45, 2.75) is 13.0 Å². The molecular weight excluding hydrogens is 205 g/mol. The van der Waals surface area contributed by atoms with Crippen molar-refractivity contribution < 1.29 is 9.18 Å². The minimum absolute atomic E-state index is 0.00985. The number of benzene rings is 1. The van der Waals surface area contributed by atoms with Gasteiger partial charge in [0.1, 0.15) is 5.82 Å². The van der Waals surface area contributed by atoms with Crippen LogP contribution in [-0.4, -0.2) is 24.3 Å². The van der Waals surface area contributed by atoms with Gasteiger partial charge in [-0.05, 0) is 31.7 Å². The maximum Gasteiger partial charge on any atom is 0.151 e. The molecule has 3 heteroatoms. The summed E-state index contributed by atoms with van der Waals surface area (Å²) in [6.45, 7) is 1.88. The smallest absolute Gasteiger partial charge is 0.151 e. The molecule has 0 radical (unpaired) electrons. The third-order valence-corrected chi connectivity index (χ3v) is 2.35. The first-order valence-electron chi connectivity index (χ1n) is 4.96. The van der Waals surface area contributed by atoms with Crippen LogP contribution in [0.4, 0.5) is 4.39 Å². The summed E-state index contributed by atoms with van der Waals surface area (Å²) >= 11 is 0. The van der Waals surface area contributed by atoms with Gasteiger partial charge in [-0.1, -0.05) is 18.1 Å². The number of hydrogen-bond acceptors (Lipinski definition) is 2. The van der Waals surface area contributed by atoms with Crippen molar-refractivity contribution in [1.29, 1.82) is 0 Å². The number of ketones is 1. The predicted octanol–water partition coefficient (Wildman–Crippen LogP) is 2.02. The lowest BCUT2D eigenvalue weighted by molar-refractivity contribution is -0.121. The minimum atomic E-state index is -0.406. The molecule has 0 bridgehead atoms. The van der Waals surface area contributed by atoms with Crippen LogP contribution >= 0.6 is 0 Å². The second-order valence-corrected chi connectivity index (χ2v) is 3.68. The highest BCUT2D eigenvalue weighted by Crippen LogP contribution is 2.20. The van der Waals surface area contributed by atoms with Gasteiger partial charge in [0.2, 0.25) is 0 Å². The SMILES string of the molecule is C#CCN(C)C(C(C)=O)c1ccc(F)cc1. The van der Waals surface area contributed by atoms with E-state index in [2.05, 4.69) is 5.92 Å².